The monoisotopic (exact) mass is 393 g/mol. The number of nitrogens with two attached hydrogens (primary N) is 1. The van der Waals surface area contributed by atoms with Crippen molar-refractivity contribution in [2.24, 2.45) is 5.73 Å². The molecule has 0 fully saturated rings. The van der Waals surface area contributed by atoms with Crippen molar-refractivity contribution in [3.8, 4) is 0 Å². The Hall–Kier alpha value is -2.88. The fourth-order valence-electron chi connectivity index (χ4n) is 2.70. The van der Waals surface area contributed by atoms with Gasteiger partial charge in [0.2, 0.25) is 5.91 Å². The Balaban J connectivity index is 2.05. The van der Waals surface area contributed by atoms with Crippen LogP contribution in [0.15, 0.2) is 18.5 Å². The van der Waals surface area contributed by atoms with Crippen molar-refractivity contribution >= 4 is 39.1 Å². The molecule has 0 bridgehead atoms. The Morgan fingerprint density at radius 1 is 1.33 bits per heavy atom. The van der Waals surface area contributed by atoms with Crippen LogP contribution in [0.5, 0.6) is 0 Å². The SMILES string of the molecule is Cc1cnn(C(C)C(=O)Nc2c(C(N)=O)sc3nc(C(F)F)cc(C)c23)c1. The number of nitrogens with zero attached hydrogens (tertiary/aromatic N) is 3. The van der Waals surface area contributed by atoms with Gasteiger partial charge in [-0.25, -0.2) is 13.8 Å². The molecular weight excluding hydrogens is 376 g/mol. The molecule has 0 spiro atoms. The molecule has 7 nitrogen and oxygen atoms in total. The zero-order valence-corrected chi connectivity index (χ0v) is 15.6. The predicted molar refractivity (Wildman–Crippen MR) is 98.1 cm³/mol. The summed E-state index contributed by atoms with van der Waals surface area (Å²) < 4.78 is 27.5. The van der Waals surface area contributed by atoms with E-state index in [0.29, 0.717) is 10.9 Å². The molecule has 1 unspecified atom stereocenters. The Morgan fingerprint density at radius 3 is 2.59 bits per heavy atom. The number of fused-ring (bicyclic) bond motifs is 1. The molecule has 0 aliphatic heterocycles. The number of hydrogen-bond donors (Lipinski definition) is 2. The van der Waals surface area contributed by atoms with E-state index in [1.165, 1.54) is 10.7 Å². The second-order valence-electron chi connectivity index (χ2n) is 6.18. The molecule has 2 amide bonds. The molecular formula is C17H17F2N5O2S. The van der Waals surface area contributed by atoms with E-state index in [1.54, 1.807) is 26.2 Å². The number of amides is 2. The number of aromatic nitrogens is 3. The van der Waals surface area contributed by atoms with Crippen LogP contribution in [0.1, 0.15) is 45.9 Å². The molecule has 0 aromatic carbocycles. The highest BCUT2D eigenvalue weighted by Gasteiger charge is 2.25. The van der Waals surface area contributed by atoms with Crippen LogP contribution in [0.25, 0.3) is 10.2 Å². The lowest BCUT2D eigenvalue weighted by Crippen LogP contribution is -2.25. The zero-order chi connectivity index (χ0) is 19.9. The third-order valence-corrected chi connectivity index (χ3v) is 5.18. The number of anilines is 1. The predicted octanol–water partition coefficient (Wildman–Crippen LogP) is 3.35. The summed E-state index contributed by atoms with van der Waals surface area (Å²) in [5, 5.41) is 7.23. The molecule has 3 aromatic heterocycles. The van der Waals surface area contributed by atoms with Gasteiger partial charge in [-0.2, -0.15) is 5.10 Å². The second kappa shape index (κ2) is 7.03. The average molecular weight is 393 g/mol. The van der Waals surface area contributed by atoms with Gasteiger partial charge >= 0.3 is 0 Å². The first-order valence-electron chi connectivity index (χ1n) is 8.02. The number of hydrogen-bond acceptors (Lipinski definition) is 5. The summed E-state index contributed by atoms with van der Waals surface area (Å²) in [7, 11) is 0. The van der Waals surface area contributed by atoms with Crippen molar-refractivity contribution in [1.29, 1.82) is 0 Å². The molecule has 1 atom stereocenters. The van der Waals surface area contributed by atoms with Crippen LogP contribution in [-0.4, -0.2) is 26.6 Å². The van der Waals surface area contributed by atoms with Crippen LogP contribution in [0.4, 0.5) is 14.5 Å². The zero-order valence-electron chi connectivity index (χ0n) is 14.8. The minimum absolute atomic E-state index is 0.0595. The molecule has 3 aromatic rings. The fraction of sp³-hybridized carbons (Fsp3) is 0.294. The van der Waals surface area contributed by atoms with Gasteiger partial charge in [-0.1, -0.05) is 0 Å². The highest BCUT2D eigenvalue weighted by Crippen LogP contribution is 2.38. The van der Waals surface area contributed by atoms with Crippen molar-refractivity contribution < 1.29 is 18.4 Å². The first-order chi connectivity index (χ1) is 12.7. The highest BCUT2D eigenvalue weighted by atomic mass is 32.1. The van der Waals surface area contributed by atoms with Crippen LogP contribution >= 0.6 is 11.3 Å². The first-order valence-corrected chi connectivity index (χ1v) is 8.84. The summed E-state index contributed by atoms with van der Waals surface area (Å²) in [5.74, 6) is -1.19. The number of primary amides is 1. The van der Waals surface area contributed by atoms with Crippen LogP contribution in [0, 0.1) is 13.8 Å². The fourth-order valence-corrected chi connectivity index (χ4v) is 3.77. The van der Waals surface area contributed by atoms with E-state index in [4.69, 9.17) is 5.73 Å². The molecule has 0 radical (unpaired) electrons. The molecule has 0 aliphatic rings. The van der Waals surface area contributed by atoms with Gasteiger partial charge in [0.05, 0.1) is 11.9 Å². The summed E-state index contributed by atoms with van der Waals surface area (Å²) in [6, 6.07) is 0.587. The quantitative estimate of drug-likeness (QED) is 0.694. The van der Waals surface area contributed by atoms with E-state index in [9.17, 15) is 18.4 Å². The van der Waals surface area contributed by atoms with Gasteiger partial charge in [-0.15, -0.1) is 11.3 Å². The maximum Gasteiger partial charge on any atom is 0.280 e. The number of halogens is 2. The molecule has 0 saturated carbocycles. The first kappa shape index (κ1) is 18.9. The van der Waals surface area contributed by atoms with Crippen LogP contribution in [0.3, 0.4) is 0 Å². The summed E-state index contributed by atoms with van der Waals surface area (Å²) in [5.41, 5.74) is 6.58. The van der Waals surface area contributed by atoms with Crippen molar-refractivity contribution in [2.75, 3.05) is 5.32 Å². The number of alkyl halides is 2. The molecule has 0 aliphatic carbocycles. The molecule has 27 heavy (non-hydrogen) atoms. The number of nitrogens with one attached hydrogen (secondary N) is 1. The van der Waals surface area contributed by atoms with Gasteiger partial charge in [-0.05, 0) is 38.0 Å². The standard InChI is InChI=1S/C17H17F2N5O2S/c1-7-5-21-24(6-7)9(3)16(26)23-12-11-8(2)4-10(14(18)19)22-17(11)27-13(12)15(20)25/h4-6,9,14H,1-3H3,(H2,20,25)(H,23,26). The molecule has 0 saturated heterocycles. The number of aryl methyl sites for hydroxylation is 2. The number of thiophene rings is 1. The van der Waals surface area contributed by atoms with Crippen molar-refractivity contribution in [3.05, 3.63) is 40.2 Å². The summed E-state index contributed by atoms with van der Waals surface area (Å²) in [4.78, 5) is 28.7. The summed E-state index contributed by atoms with van der Waals surface area (Å²) in [6.07, 6.45) is 0.596. The lowest BCUT2D eigenvalue weighted by molar-refractivity contribution is -0.119. The Kier molecular flexibility index (Phi) is 4.92. The second-order valence-corrected chi connectivity index (χ2v) is 7.18. The van der Waals surface area contributed by atoms with Crippen molar-refractivity contribution in [1.82, 2.24) is 14.8 Å². The minimum Gasteiger partial charge on any atom is -0.365 e. The normalized spacial score (nSPS) is 12.5. The number of carbonyl (C=O) groups is 2. The number of rotatable bonds is 5. The minimum atomic E-state index is -2.74. The van der Waals surface area contributed by atoms with E-state index in [1.807, 2.05) is 6.92 Å². The van der Waals surface area contributed by atoms with E-state index >= 15 is 0 Å². The molecule has 142 valence electrons. The van der Waals surface area contributed by atoms with Gasteiger partial charge in [0.1, 0.15) is 21.4 Å². The van der Waals surface area contributed by atoms with Crippen LogP contribution in [-0.2, 0) is 4.79 Å². The lowest BCUT2D eigenvalue weighted by Gasteiger charge is -2.13. The van der Waals surface area contributed by atoms with Crippen molar-refractivity contribution in [3.63, 3.8) is 0 Å². The van der Waals surface area contributed by atoms with Gasteiger partial charge in [0.25, 0.3) is 12.3 Å². The van der Waals surface area contributed by atoms with E-state index in [2.05, 4.69) is 15.4 Å². The smallest absolute Gasteiger partial charge is 0.280 e. The maximum atomic E-state index is 13.0. The van der Waals surface area contributed by atoms with E-state index in [-0.39, 0.29) is 15.4 Å². The topological polar surface area (TPSA) is 103 Å². The maximum absolute atomic E-state index is 13.0. The number of carbonyl (C=O) groups excluding carboxylic acids is 2. The lowest BCUT2D eigenvalue weighted by atomic mass is 10.1. The Bertz CT molecular complexity index is 1040. The van der Waals surface area contributed by atoms with E-state index < -0.39 is 30.0 Å². The van der Waals surface area contributed by atoms with Gasteiger partial charge in [0, 0.05) is 11.6 Å². The van der Waals surface area contributed by atoms with Gasteiger partial charge in [0.15, 0.2) is 0 Å². The van der Waals surface area contributed by atoms with Crippen molar-refractivity contribution in [2.45, 2.75) is 33.2 Å². The summed E-state index contributed by atoms with van der Waals surface area (Å²) in [6.45, 7) is 5.12. The van der Waals surface area contributed by atoms with E-state index in [0.717, 1.165) is 16.9 Å². The molecule has 3 heterocycles. The van der Waals surface area contributed by atoms with Gasteiger partial charge < -0.3 is 11.1 Å². The average Bonchev–Trinajstić information content (AvgIpc) is 3.18. The van der Waals surface area contributed by atoms with Crippen LogP contribution in [0.2, 0.25) is 0 Å². The molecule has 10 heteroatoms. The summed E-state index contributed by atoms with van der Waals surface area (Å²) >= 11 is 0.875. The largest absolute Gasteiger partial charge is 0.365 e. The van der Waals surface area contributed by atoms with Crippen LogP contribution < -0.4 is 11.1 Å². The highest BCUT2D eigenvalue weighted by molar-refractivity contribution is 7.21. The third kappa shape index (κ3) is 3.52. The molecule has 3 rings (SSSR count). The van der Waals surface area contributed by atoms with Gasteiger partial charge in [-0.3, -0.25) is 14.3 Å². The third-order valence-electron chi connectivity index (χ3n) is 4.08. The number of pyridine rings is 1. The molecule has 3 N–H and O–H groups in total. The Morgan fingerprint density at radius 2 is 2.04 bits per heavy atom. The Labute approximate surface area is 157 Å².